The molecule has 1 aromatic carbocycles. The van der Waals surface area contributed by atoms with Gasteiger partial charge in [-0.25, -0.2) is 0 Å². The quantitative estimate of drug-likeness (QED) is 0.749. The third-order valence-electron chi connectivity index (χ3n) is 3.26. The van der Waals surface area contributed by atoms with Crippen molar-refractivity contribution in [2.45, 2.75) is 45.6 Å². The van der Waals surface area contributed by atoms with Gasteiger partial charge in [0, 0.05) is 18.5 Å². The van der Waals surface area contributed by atoms with Crippen LogP contribution in [0, 0.1) is 5.41 Å². The van der Waals surface area contributed by atoms with Crippen LogP contribution in [-0.4, -0.2) is 35.9 Å². The van der Waals surface area contributed by atoms with Crippen molar-refractivity contribution in [3.05, 3.63) is 35.9 Å². The number of amides is 1. The first-order chi connectivity index (χ1) is 10.5. The zero-order chi connectivity index (χ0) is 17.7. The van der Waals surface area contributed by atoms with E-state index in [1.807, 2.05) is 0 Å². The topological polar surface area (TPSA) is 61.4 Å². The molecule has 0 bridgehead atoms. The fourth-order valence-electron chi connectivity index (χ4n) is 1.87. The molecule has 1 aromatic rings. The van der Waals surface area contributed by atoms with Gasteiger partial charge in [-0.05, 0) is 5.56 Å². The Labute approximate surface area is 134 Å². The average Bonchev–Trinajstić information content (AvgIpc) is 2.43. The Morgan fingerprint density at radius 3 is 2.22 bits per heavy atom. The molecular weight excluding hydrogens is 309 g/mol. The molecule has 0 aromatic heterocycles. The molecule has 0 aliphatic rings. The molecule has 0 unspecified atom stereocenters. The largest absolute Gasteiger partial charge is 0.406 e. The Morgan fingerprint density at radius 2 is 1.74 bits per heavy atom. The molecule has 2 atom stereocenters. The molecular formula is C16H23F3N2O2. The van der Waals surface area contributed by atoms with E-state index in [-0.39, 0.29) is 6.54 Å². The predicted molar refractivity (Wildman–Crippen MR) is 81.6 cm³/mol. The number of rotatable bonds is 6. The fourth-order valence-corrected chi connectivity index (χ4v) is 1.87. The van der Waals surface area contributed by atoms with Crippen LogP contribution in [0.25, 0.3) is 0 Å². The number of nitrogens with one attached hydrogen (secondary N) is 2. The molecule has 1 rings (SSSR count). The molecule has 0 radical (unpaired) electrons. The van der Waals surface area contributed by atoms with Crippen LogP contribution in [0.15, 0.2) is 30.3 Å². The third-order valence-corrected chi connectivity index (χ3v) is 3.26. The van der Waals surface area contributed by atoms with E-state index in [1.54, 1.807) is 51.1 Å². The molecule has 0 heterocycles. The van der Waals surface area contributed by atoms with Crippen LogP contribution in [0.1, 0.15) is 26.3 Å². The summed E-state index contributed by atoms with van der Waals surface area (Å²) in [7, 11) is 0. The van der Waals surface area contributed by atoms with E-state index in [9.17, 15) is 23.1 Å². The second kappa shape index (κ2) is 7.79. The number of aliphatic hydroxyl groups excluding tert-OH is 1. The molecule has 3 N–H and O–H groups in total. The summed E-state index contributed by atoms with van der Waals surface area (Å²) in [6.45, 7) is 4.42. The maximum Gasteiger partial charge on any atom is 0.406 e. The molecule has 130 valence electrons. The molecule has 0 aliphatic carbocycles. The van der Waals surface area contributed by atoms with E-state index in [0.29, 0.717) is 5.56 Å². The molecule has 7 heteroatoms. The molecule has 23 heavy (non-hydrogen) atoms. The minimum atomic E-state index is -4.62. The van der Waals surface area contributed by atoms with Crippen molar-refractivity contribution >= 4 is 5.91 Å². The first kappa shape index (κ1) is 19.4. The summed E-state index contributed by atoms with van der Waals surface area (Å²) in [6.07, 6.45) is -6.40. The summed E-state index contributed by atoms with van der Waals surface area (Å²) in [5.74, 6) is -0.416. The molecule has 0 spiro atoms. The minimum absolute atomic E-state index is 0.0324. The standard InChI is InChI=1S/C16H23F3N2O2/c1-15(2,3)14(23)21-10-12(22)13(16(17,18)19)20-9-11-7-5-4-6-8-11/h4-8,12-13,20,22H,9-10H2,1-3H3,(H,21,23)/t12-,13+/m0/s1. The first-order valence-electron chi connectivity index (χ1n) is 7.32. The minimum Gasteiger partial charge on any atom is -0.389 e. The average molecular weight is 332 g/mol. The van der Waals surface area contributed by atoms with Crippen molar-refractivity contribution in [1.29, 1.82) is 0 Å². The van der Waals surface area contributed by atoms with Gasteiger partial charge < -0.3 is 10.4 Å². The summed E-state index contributed by atoms with van der Waals surface area (Å²) in [5.41, 5.74) is -0.0575. The van der Waals surface area contributed by atoms with E-state index in [0.717, 1.165) is 0 Å². The van der Waals surface area contributed by atoms with Crippen LogP contribution < -0.4 is 10.6 Å². The molecule has 4 nitrogen and oxygen atoms in total. The highest BCUT2D eigenvalue weighted by atomic mass is 19.4. The van der Waals surface area contributed by atoms with Gasteiger partial charge in [0.05, 0.1) is 6.10 Å². The fraction of sp³-hybridized carbons (Fsp3) is 0.562. The highest BCUT2D eigenvalue weighted by molar-refractivity contribution is 5.81. The van der Waals surface area contributed by atoms with Crippen LogP contribution in [-0.2, 0) is 11.3 Å². The van der Waals surface area contributed by atoms with Crippen LogP contribution in [0.5, 0.6) is 0 Å². The predicted octanol–water partition coefficient (Wildman–Crippen LogP) is 2.23. The Kier molecular flexibility index (Phi) is 6.58. The van der Waals surface area contributed by atoms with E-state index >= 15 is 0 Å². The first-order valence-corrected chi connectivity index (χ1v) is 7.32. The van der Waals surface area contributed by atoms with Gasteiger partial charge in [0.2, 0.25) is 5.91 Å². The second-order valence-corrected chi connectivity index (χ2v) is 6.41. The molecule has 0 fully saturated rings. The Bertz CT molecular complexity index is 498. The number of carbonyl (C=O) groups is 1. The monoisotopic (exact) mass is 332 g/mol. The highest BCUT2D eigenvalue weighted by Gasteiger charge is 2.44. The Balaban J connectivity index is 2.65. The summed E-state index contributed by atoms with van der Waals surface area (Å²) in [6, 6.07) is 6.46. The van der Waals surface area contributed by atoms with E-state index in [2.05, 4.69) is 10.6 Å². The van der Waals surface area contributed by atoms with Gasteiger partial charge in [-0.1, -0.05) is 51.1 Å². The number of carbonyl (C=O) groups excluding carboxylic acids is 1. The summed E-state index contributed by atoms with van der Waals surface area (Å²) in [5, 5.41) is 14.5. The molecule has 0 saturated carbocycles. The third kappa shape index (κ3) is 6.58. The van der Waals surface area contributed by atoms with Crippen molar-refractivity contribution in [1.82, 2.24) is 10.6 Å². The number of alkyl halides is 3. The second-order valence-electron chi connectivity index (χ2n) is 6.41. The Morgan fingerprint density at radius 1 is 1.17 bits per heavy atom. The number of hydrogen-bond donors (Lipinski definition) is 3. The summed E-state index contributed by atoms with van der Waals surface area (Å²) in [4.78, 5) is 11.7. The van der Waals surface area contributed by atoms with Gasteiger partial charge >= 0.3 is 6.18 Å². The lowest BCUT2D eigenvalue weighted by atomic mass is 9.95. The van der Waals surface area contributed by atoms with E-state index in [1.165, 1.54) is 0 Å². The molecule has 0 saturated heterocycles. The SMILES string of the molecule is CC(C)(C)C(=O)NC[C@H](O)[C@@H](NCc1ccccc1)C(F)(F)F. The van der Waals surface area contributed by atoms with Gasteiger partial charge in [-0.3, -0.25) is 10.1 Å². The highest BCUT2D eigenvalue weighted by Crippen LogP contribution is 2.23. The summed E-state index contributed by atoms with van der Waals surface area (Å²) >= 11 is 0. The number of aliphatic hydroxyl groups is 1. The maximum absolute atomic E-state index is 13.1. The van der Waals surface area contributed by atoms with Gasteiger partial charge in [0.15, 0.2) is 0 Å². The van der Waals surface area contributed by atoms with Crippen molar-refractivity contribution in [3.63, 3.8) is 0 Å². The van der Waals surface area contributed by atoms with Crippen molar-refractivity contribution < 1.29 is 23.1 Å². The smallest absolute Gasteiger partial charge is 0.389 e. The van der Waals surface area contributed by atoms with E-state index in [4.69, 9.17) is 0 Å². The lowest BCUT2D eigenvalue weighted by Gasteiger charge is -2.27. The van der Waals surface area contributed by atoms with Crippen molar-refractivity contribution in [3.8, 4) is 0 Å². The lowest BCUT2D eigenvalue weighted by Crippen LogP contribution is -2.54. The van der Waals surface area contributed by atoms with Gasteiger partial charge in [0.25, 0.3) is 0 Å². The van der Waals surface area contributed by atoms with Crippen LogP contribution >= 0.6 is 0 Å². The van der Waals surface area contributed by atoms with Crippen LogP contribution in [0.4, 0.5) is 13.2 Å². The van der Waals surface area contributed by atoms with Gasteiger partial charge in [0.1, 0.15) is 6.04 Å². The molecule has 0 aliphatic heterocycles. The maximum atomic E-state index is 13.1. The zero-order valence-electron chi connectivity index (χ0n) is 13.4. The van der Waals surface area contributed by atoms with Gasteiger partial charge in [-0.2, -0.15) is 13.2 Å². The molecule has 1 amide bonds. The number of benzene rings is 1. The van der Waals surface area contributed by atoms with Crippen LogP contribution in [0.2, 0.25) is 0 Å². The van der Waals surface area contributed by atoms with Crippen molar-refractivity contribution in [2.75, 3.05) is 6.54 Å². The van der Waals surface area contributed by atoms with Crippen LogP contribution in [0.3, 0.4) is 0 Å². The zero-order valence-corrected chi connectivity index (χ0v) is 13.4. The Hall–Kier alpha value is -1.60. The van der Waals surface area contributed by atoms with Gasteiger partial charge in [-0.15, -0.1) is 0 Å². The lowest BCUT2D eigenvalue weighted by molar-refractivity contribution is -0.178. The number of hydrogen-bond acceptors (Lipinski definition) is 3. The van der Waals surface area contributed by atoms with E-state index < -0.39 is 36.2 Å². The summed E-state index contributed by atoms with van der Waals surface area (Å²) < 4.78 is 39.3. The number of halogens is 3. The normalized spacial score (nSPS) is 15.1. The van der Waals surface area contributed by atoms with Crippen molar-refractivity contribution in [2.24, 2.45) is 5.41 Å².